The van der Waals surface area contributed by atoms with Crippen LogP contribution in [0.4, 0.5) is 0 Å². The van der Waals surface area contributed by atoms with E-state index >= 15 is 0 Å². The lowest BCUT2D eigenvalue weighted by atomic mass is 10.1. The largest absolute Gasteiger partial charge is 0.497 e. The maximum absolute atomic E-state index is 12.7. The van der Waals surface area contributed by atoms with E-state index in [0.29, 0.717) is 31.1 Å². The van der Waals surface area contributed by atoms with Gasteiger partial charge in [0.2, 0.25) is 10.0 Å². The molecule has 2 aromatic rings. The fourth-order valence-electron chi connectivity index (χ4n) is 2.77. The van der Waals surface area contributed by atoms with Gasteiger partial charge in [-0.2, -0.15) is 0 Å². The quantitative estimate of drug-likeness (QED) is 0.613. The number of hydrogen-bond acceptors (Lipinski definition) is 5. The van der Waals surface area contributed by atoms with Crippen molar-refractivity contribution in [2.45, 2.75) is 44.6 Å². The second-order valence-electron chi connectivity index (χ2n) is 6.38. The molecular weight excluding hydrogens is 378 g/mol. The van der Waals surface area contributed by atoms with E-state index < -0.39 is 10.0 Å². The zero-order valence-corrected chi connectivity index (χ0v) is 17.7. The Morgan fingerprint density at radius 1 is 0.964 bits per heavy atom. The van der Waals surface area contributed by atoms with Crippen LogP contribution in [0.5, 0.6) is 17.2 Å². The highest BCUT2D eigenvalue weighted by molar-refractivity contribution is 7.89. The fraction of sp³-hybridized carbons (Fsp3) is 0.429. The van der Waals surface area contributed by atoms with Gasteiger partial charge < -0.3 is 14.2 Å². The highest BCUT2D eigenvalue weighted by Crippen LogP contribution is 2.30. The van der Waals surface area contributed by atoms with Crippen molar-refractivity contribution in [3.05, 3.63) is 48.0 Å². The van der Waals surface area contributed by atoms with Crippen LogP contribution in [-0.2, 0) is 16.4 Å². The molecule has 7 heteroatoms. The Morgan fingerprint density at radius 3 is 2.21 bits per heavy atom. The molecule has 0 fully saturated rings. The summed E-state index contributed by atoms with van der Waals surface area (Å²) in [7, 11) is -2.02. The van der Waals surface area contributed by atoms with E-state index in [0.717, 1.165) is 17.7 Å². The molecule has 0 aliphatic carbocycles. The number of sulfonamides is 1. The Kier molecular flexibility index (Phi) is 8.14. The van der Waals surface area contributed by atoms with Gasteiger partial charge in [0, 0.05) is 12.1 Å². The van der Waals surface area contributed by atoms with Gasteiger partial charge in [-0.25, -0.2) is 13.1 Å². The minimum atomic E-state index is -3.65. The maximum Gasteiger partial charge on any atom is 0.240 e. The molecular formula is C21H29NO5S. The average Bonchev–Trinajstić information content (AvgIpc) is 2.68. The second kappa shape index (κ2) is 10.3. The summed E-state index contributed by atoms with van der Waals surface area (Å²) in [6.45, 7) is 6.48. The SMILES string of the molecule is CCOc1ccc(S(=O)(=O)NC(C)CCc2ccc(OC)cc2)cc1OCC. The Bertz CT molecular complexity index is 850. The minimum Gasteiger partial charge on any atom is -0.497 e. The van der Waals surface area contributed by atoms with E-state index in [4.69, 9.17) is 14.2 Å². The molecule has 0 amide bonds. The number of hydrogen-bond donors (Lipinski definition) is 1. The van der Waals surface area contributed by atoms with Crippen LogP contribution in [0.3, 0.4) is 0 Å². The van der Waals surface area contributed by atoms with Gasteiger partial charge in [0.05, 0.1) is 25.2 Å². The van der Waals surface area contributed by atoms with Crippen molar-refractivity contribution in [3.63, 3.8) is 0 Å². The van der Waals surface area contributed by atoms with Crippen molar-refractivity contribution in [1.82, 2.24) is 4.72 Å². The Morgan fingerprint density at radius 2 is 1.61 bits per heavy atom. The van der Waals surface area contributed by atoms with Crippen LogP contribution in [0.2, 0.25) is 0 Å². The van der Waals surface area contributed by atoms with Crippen molar-refractivity contribution in [1.29, 1.82) is 0 Å². The Balaban J connectivity index is 2.03. The van der Waals surface area contributed by atoms with E-state index in [2.05, 4.69) is 4.72 Å². The fourth-order valence-corrected chi connectivity index (χ4v) is 4.06. The first-order valence-corrected chi connectivity index (χ1v) is 10.9. The van der Waals surface area contributed by atoms with Crippen molar-refractivity contribution >= 4 is 10.0 Å². The number of methoxy groups -OCH3 is 1. The summed E-state index contributed by atoms with van der Waals surface area (Å²) in [4.78, 5) is 0.163. The summed E-state index contributed by atoms with van der Waals surface area (Å²) in [6, 6.07) is 12.2. The molecule has 28 heavy (non-hydrogen) atoms. The molecule has 0 bridgehead atoms. The zero-order valence-electron chi connectivity index (χ0n) is 16.9. The van der Waals surface area contributed by atoms with Crippen LogP contribution in [0.15, 0.2) is 47.4 Å². The van der Waals surface area contributed by atoms with Crippen molar-refractivity contribution in [2.24, 2.45) is 0 Å². The van der Waals surface area contributed by atoms with Gasteiger partial charge in [-0.05, 0) is 63.4 Å². The number of rotatable bonds is 11. The van der Waals surface area contributed by atoms with Gasteiger partial charge in [0.1, 0.15) is 5.75 Å². The van der Waals surface area contributed by atoms with Gasteiger partial charge in [-0.1, -0.05) is 12.1 Å². The summed E-state index contributed by atoms with van der Waals surface area (Å²) in [5, 5.41) is 0. The van der Waals surface area contributed by atoms with E-state index in [-0.39, 0.29) is 10.9 Å². The molecule has 154 valence electrons. The number of nitrogens with one attached hydrogen (secondary N) is 1. The lowest BCUT2D eigenvalue weighted by Crippen LogP contribution is -2.33. The first kappa shape index (κ1) is 22.0. The molecule has 0 aromatic heterocycles. The molecule has 0 saturated carbocycles. The third-order valence-corrected chi connectivity index (χ3v) is 5.79. The Hall–Kier alpha value is -2.25. The van der Waals surface area contributed by atoms with E-state index in [1.165, 1.54) is 12.1 Å². The third-order valence-electron chi connectivity index (χ3n) is 4.21. The van der Waals surface area contributed by atoms with Gasteiger partial charge in [0.15, 0.2) is 11.5 Å². The van der Waals surface area contributed by atoms with Crippen molar-refractivity contribution in [3.8, 4) is 17.2 Å². The number of benzene rings is 2. The first-order chi connectivity index (χ1) is 13.4. The Labute approximate surface area is 167 Å². The maximum atomic E-state index is 12.7. The van der Waals surface area contributed by atoms with Crippen LogP contribution in [0, 0.1) is 0 Å². The molecule has 0 spiro atoms. The zero-order chi connectivity index (χ0) is 20.6. The molecule has 2 aromatic carbocycles. The summed E-state index contributed by atoms with van der Waals surface area (Å²) in [5.74, 6) is 1.77. The molecule has 0 aliphatic rings. The second-order valence-corrected chi connectivity index (χ2v) is 8.10. The number of ether oxygens (including phenoxy) is 3. The molecule has 0 radical (unpaired) electrons. The summed E-state index contributed by atoms with van der Waals surface area (Å²) in [6.07, 6.45) is 1.45. The van der Waals surface area contributed by atoms with Crippen LogP contribution >= 0.6 is 0 Å². The third kappa shape index (κ3) is 6.14. The summed E-state index contributed by atoms with van der Waals surface area (Å²) >= 11 is 0. The van der Waals surface area contributed by atoms with Crippen LogP contribution < -0.4 is 18.9 Å². The normalized spacial score (nSPS) is 12.4. The molecule has 6 nitrogen and oxygen atoms in total. The molecule has 2 rings (SSSR count). The molecule has 1 atom stereocenters. The highest BCUT2D eigenvalue weighted by atomic mass is 32.2. The first-order valence-electron chi connectivity index (χ1n) is 9.44. The van der Waals surface area contributed by atoms with Crippen LogP contribution in [-0.4, -0.2) is 34.8 Å². The van der Waals surface area contributed by atoms with E-state index in [1.54, 1.807) is 13.2 Å². The van der Waals surface area contributed by atoms with Crippen LogP contribution in [0.1, 0.15) is 32.8 Å². The van der Waals surface area contributed by atoms with E-state index in [1.807, 2.05) is 45.0 Å². The van der Waals surface area contributed by atoms with E-state index in [9.17, 15) is 8.42 Å². The van der Waals surface area contributed by atoms with Crippen LogP contribution in [0.25, 0.3) is 0 Å². The lowest BCUT2D eigenvalue weighted by molar-refractivity contribution is 0.287. The topological polar surface area (TPSA) is 73.9 Å². The smallest absolute Gasteiger partial charge is 0.240 e. The van der Waals surface area contributed by atoms with Gasteiger partial charge >= 0.3 is 0 Å². The molecule has 1 unspecified atom stereocenters. The standard InChI is InChI=1S/C21H29NO5S/c1-5-26-20-14-13-19(15-21(20)27-6-2)28(23,24)22-16(3)7-8-17-9-11-18(25-4)12-10-17/h9-16,22H,5-8H2,1-4H3. The van der Waals surface area contributed by atoms with Crippen molar-refractivity contribution < 1.29 is 22.6 Å². The predicted molar refractivity (Wildman–Crippen MR) is 110 cm³/mol. The molecule has 0 heterocycles. The van der Waals surface area contributed by atoms with Gasteiger partial charge in [-0.3, -0.25) is 0 Å². The van der Waals surface area contributed by atoms with Gasteiger partial charge in [0.25, 0.3) is 0 Å². The molecule has 0 saturated heterocycles. The number of aryl methyl sites for hydroxylation is 1. The monoisotopic (exact) mass is 407 g/mol. The highest BCUT2D eigenvalue weighted by Gasteiger charge is 2.20. The van der Waals surface area contributed by atoms with Crippen molar-refractivity contribution in [2.75, 3.05) is 20.3 Å². The minimum absolute atomic E-state index is 0.163. The lowest BCUT2D eigenvalue weighted by Gasteiger charge is -2.16. The molecule has 1 N–H and O–H groups in total. The average molecular weight is 408 g/mol. The summed E-state index contributed by atoms with van der Waals surface area (Å²) < 4.78 is 44.4. The predicted octanol–water partition coefficient (Wildman–Crippen LogP) is 3.79. The van der Waals surface area contributed by atoms with Gasteiger partial charge in [-0.15, -0.1) is 0 Å². The molecule has 0 aliphatic heterocycles. The summed E-state index contributed by atoms with van der Waals surface area (Å²) in [5.41, 5.74) is 1.13.